The van der Waals surface area contributed by atoms with E-state index in [-0.39, 0.29) is 23.0 Å². The lowest BCUT2D eigenvalue weighted by Gasteiger charge is -2.56. The Hall–Kier alpha value is -3.14. The maximum absolute atomic E-state index is 12.8. The van der Waals surface area contributed by atoms with Gasteiger partial charge in [-0.1, -0.05) is 5.16 Å². The summed E-state index contributed by atoms with van der Waals surface area (Å²) in [5, 5.41) is 15.9. The molecule has 0 unspecified atom stereocenters. The number of oxime groups is 1. The summed E-state index contributed by atoms with van der Waals surface area (Å²) >= 11 is 0.999. The summed E-state index contributed by atoms with van der Waals surface area (Å²) in [6.45, 7) is -1.31. The Kier molecular flexibility index (Phi) is 5.58. The summed E-state index contributed by atoms with van der Waals surface area (Å²) in [7, 11) is -1.78. The summed E-state index contributed by atoms with van der Waals surface area (Å²) in [6.07, 6.45) is -0.292. The predicted octanol–water partition coefficient (Wildman–Crippen LogP) is -1.83. The summed E-state index contributed by atoms with van der Waals surface area (Å²) < 4.78 is 30.1. The van der Waals surface area contributed by atoms with Crippen molar-refractivity contribution in [2.45, 2.75) is 23.6 Å². The van der Waals surface area contributed by atoms with Crippen LogP contribution >= 0.6 is 11.3 Å². The van der Waals surface area contributed by atoms with E-state index in [1.165, 1.54) is 5.38 Å². The Morgan fingerprint density at radius 2 is 2.28 bits per heavy atom. The molecule has 4 N–H and O–H groups in total. The Morgan fingerprint density at radius 3 is 2.91 bits per heavy atom. The molecule has 13 nitrogen and oxygen atoms in total. The van der Waals surface area contributed by atoms with Crippen LogP contribution < -0.4 is 11.1 Å². The smallest absolute Gasteiger partial charge is 0.370 e. The number of aliphatic carboxylic acids is 1. The van der Waals surface area contributed by atoms with Gasteiger partial charge in [-0.15, -0.1) is 11.3 Å². The maximum Gasteiger partial charge on any atom is 0.370 e. The zero-order valence-electron chi connectivity index (χ0n) is 16.1. The molecule has 4 rings (SSSR count). The summed E-state index contributed by atoms with van der Waals surface area (Å²) in [5.74, 6) is -5.42. The number of carbonyl (C=O) groups excluding carboxylic acids is 3. The van der Waals surface area contributed by atoms with Crippen LogP contribution in [0.25, 0.3) is 0 Å². The second-order valence-corrected chi connectivity index (χ2v) is 9.47. The molecule has 0 aromatic carbocycles. The second kappa shape index (κ2) is 8.09. The van der Waals surface area contributed by atoms with Crippen molar-refractivity contribution < 1.29 is 42.5 Å². The van der Waals surface area contributed by atoms with Crippen molar-refractivity contribution in [3.63, 3.8) is 0 Å². The zero-order valence-corrected chi connectivity index (χ0v) is 17.7. The molecular formula is C16H16FN5O8S2. The number of carboxylic acids is 1. The van der Waals surface area contributed by atoms with E-state index in [0.29, 0.717) is 0 Å². The van der Waals surface area contributed by atoms with Gasteiger partial charge < -0.3 is 25.7 Å². The highest BCUT2D eigenvalue weighted by Gasteiger charge is 2.73. The Morgan fingerprint density at radius 1 is 1.53 bits per heavy atom. The van der Waals surface area contributed by atoms with Crippen molar-refractivity contribution >= 4 is 56.7 Å². The van der Waals surface area contributed by atoms with Gasteiger partial charge in [0.25, 0.3) is 17.5 Å². The molecular weight excluding hydrogens is 473 g/mol. The molecule has 3 aliphatic rings. The number of esters is 1. The van der Waals surface area contributed by atoms with Gasteiger partial charge in [0.15, 0.2) is 10.8 Å². The number of carboxylic acid groups (broad SMARTS) is 1. The minimum Gasteiger partial charge on any atom is -0.477 e. The molecule has 4 heterocycles. The Bertz CT molecular complexity index is 1060. The van der Waals surface area contributed by atoms with Gasteiger partial charge in [-0.2, -0.15) is 0 Å². The summed E-state index contributed by atoms with van der Waals surface area (Å²) in [4.78, 5) is 58.8. The molecule has 2 amide bonds. The molecule has 0 aliphatic carbocycles. The second-order valence-electron chi connectivity index (χ2n) is 7.01. The molecule has 1 aromatic heterocycles. The molecule has 32 heavy (non-hydrogen) atoms. The van der Waals surface area contributed by atoms with Crippen LogP contribution in [-0.4, -0.2) is 84.8 Å². The van der Waals surface area contributed by atoms with E-state index in [9.17, 15) is 32.9 Å². The van der Waals surface area contributed by atoms with Crippen LogP contribution in [0.15, 0.2) is 10.5 Å². The van der Waals surface area contributed by atoms with Crippen molar-refractivity contribution in [1.82, 2.24) is 15.2 Å². The predicted molar refractivity (Wildman–Crippen MR) is 105 cm³/mol. The zero-order chi connectivity index (χ0) is 23.2. The molecule has 0 bridgehead atoms. The fourth-order valence-corrected chi connectivity index (χ4v) is 6.32. The van der Waals surface area contributed by atoms with Gasteiger partial charge in [0.2, 0.25) is 0 Å². The molecule has 0 spiro atoms. The number of nitrogens with two attached hydrogens (primary N) is 1. The number of amides is 2. The standard InChI is InChI=1S/C16H16FN5O8S2/c17-1-2-29-21-9(7-4-31-15(18)19-7)11(24)20-10-12(25)22-13(10)32(28)5-6-3-8(23)30-16(6,22)14(26)27/h4,6,10,13H,1-3,5H2,(H2,18,19)(H,20,24)(H,26,27)/b21-9-/t6-,10+,13+,16+,32-/m0/s1. The number of thiazole rings is 1. The number of β-lactam (4-membered cyclic amide) rings is 1. The fourth-order valence-electron chi connectivity index (χ4n) is 3.85. The molecule has 0 radical (unpaired) electrons. The highest BCUT2D eigenvalue weighted by atomic mass is 32.2. The van der Waals surface area contributed by atoms with Crippen LogP contribution in [0.1, 0.15) is 12.1 Å². The molecule has 172 valence electrons. The lowest BCUT2D eigenvalue weighted by atomic mass is 9.89. The van der Waals surface area contributed by atoms with Crippen molar-refractivity contribution in [3.8, 4) is 0 Å². The quantitative estimate of drug-likeness (QED) is 0.129. The molecule has 1 aromatic rings. The van der Waals surface area contributed by atoms with Crippen LogP contribution in [0.3, 0.4) is 0 Å². The number of alkyl halides is 1. The van der Waals surface area contributed by atoms with E-state index in [1.807, 2.05) is 0 Å². The van der Waals surface area contributed by atoms with Gasteiger partial charge in [0, 0.05) is 21.9 Å². The Labute approximate surface area is 185 Å². The third kappa shape index (κ3) is 3.29. The van der Waals surface area contributed by atoms with Gasteiger partial charge in [0.1, 0.15) is 30.4 Å². The van der Waals surface area contributed by atoms with E-state index in [1.54, 1.807) is 0 Å². The van der Waals surface area contributed by atoms with E-state index < -0.39 is 76.6 Å². The largest absolute Gasteiger partial charge is 0.477 e. The highest BCUT2D eigenvalue weighted by Crippen LogP contribution is 2.47. The molecule has 0 saturated carbocycles. The first-order chi connectivity index (χ1) is 15.2. The first kappa shape index (κ1) is 22.1. The summed E-state index contributed by atoms with van der Waals surface area (Å²) in [6, 6.07) is -1.37. The molecule has 3 aliphatic heterocycles. The number of nitrogens with one attached hydrogen (secondary N) is 1. The van der Waals surface area contributed by atoms with Crippen molar-refractivity contribution in [1.29, 1.82) is 0 Å². The first-order valence-corrected chi connectivity index (χ1v) is 11.4. The lowest BCUT2D eigenvalue weighted by Crippen LogP contribution is -2.83. The number of anilines is 1. The number of fused-ring (bicyclic) bond motifs is 3. The first-order valence-electron chi connectivity index (χ1n) is 9.14. The maximum atomic E-state index is 12.8. The van der Waals surface area contributed by atoms with Gasteiger partial charge in [-0.3, -0.25) is 23.5 Å². The normalized spacial score (nSPS) is 31.3. The van der Waals surface area contributed by atoms with Gasteiger partial charge >= 0.3 is 11.9 Å². The number of nitrogen functional groups attached to an aromatic ring is 1. The van der Waals surface area contributed by atoms with E-state index >= 15 is 0 Å². The highest BCUT2D eigenvalue weighted by molar-refractivity contribution is 7.85. The average Bonchev–Trinajstić information content (AvgIpc) is 3.30. The van der Waals surface area contributed by atoms with Crippen LogP contribution in [-0.2, 0) is 39.6 Å². The van der Waals surface area contributed by atoms with Gasteiger partial charge in [-0.25, -0.2) is 14.2 Å². The van der Waals surface area contributed by atoms with Crippen molar-refractivity contribution in [2.75, 3.05) is 24.8 Å². The average molecular weight is 489 g/mol. The van der Waals surface area contributed by atoms with Crippen molar-refractivity contribution in [3.05, 3.63) is 11.1 Å². The number of carbonyl (C=O) groups is 4. The lowest BCUT2D eigenvalue weighted by molar-refractivity contribution is -0.216. The number of nitrogens with zero attached hydrogens (tertiary/aromatic N) is 3. The van der Waals surface area contributed by atoms with Gasteiger partial charge in [-0.05, 0) is 0 Å². The number of hydrogen-bond donors (Lipinski definition) is 3. The Balaban J connectivity index is 1.59. The van der Waals surface area contributed by atoms with E-state index in [4.69, 9.17) is 15.3 Å². The number of ether oxygens (including phenoxy) is 1. The topological polar surface area (TPSA) is 191 Å². The number of rotatable bonds is 7. The molecule has 5 atom stereocenters. The van der Waals surface area contributed by atoms with Crippen molar-refractivity contribution in [2.24, 2.45) is 11.1 Å². The van der Waals surface area contributed by atoms with Crippen LogP contribution in [0, 0.1) is 5.92 Å². The third-order valence-corrected chi connectivity index (χ3v) is 7.60. The van der Waals surface area contributed by atoms with E-state index in [0.717, 1.165) is 16.2 Å². The van der Waals surface area contributed by atoms with E-state index in [2.05, 4.69) is 15.5 Å². The summed E-state index contributed by atoms with van der Waals surface area (Å²) in [5.41, 5.74) is 2.90. The number of aromatic nitrogens is 1. The molecule has 3 fully saturated rings. The fraction of sp³-hybridized carbons (Fsp3) is 0.500. The minimum absolute atomic E-state index is 0.00375. The van der Waals surface area contributed by atoms with Crippen LogP contribution in [0.2, 0.25) is 0 Å². The van der Waals surface area contributed by atoms with Gasteiger partial charge in [0.05, 0.1) is 12.3 Å². The van der Waals surface area contributed by atoms with Crippen LogP contribution in [0.4, 0.5) is 9.52 Å². The minimum atomic E-state index is -2.27. The third-order valence-electron chi connectivity index (χ3n) is 5.17. The molecule has 16 heteroatoms. The number of hydrogen-bond acceptors (Lipinski definition) is 11. The van der Waals surface area contributed by atoms with Crippen LogP contribution in [0.5, 0.6) is 0 Å². The monoisotopic (exact) mass is 489 g/mol. The number of halogens is 1. The SMILES string of the molecule is Nc1nc(/C(=N/OCCF)C(=O)N[C@@H]2C(=O)N3[C@@H]2[S@@](=O)C[C@@H]2CC(=O)O[C@@]23C(=O)O)cs1. The molecule has 3 saturated heterocycles.